The van der Waals surface area contributed by atoms with E-state index in [1.165, 1.54) is 19.3 Å². The van der Waals surface area contributed by atoms with Crippen LogP contribution in [0.5, 0.6) is 5.75 Å². The second-order valence-electron chi connectivity index (χ2n) is 10.4. The van der Waals surface area contributed by atoms with E-state index in [0.29, 0.717) is 42.7 Å². The van der Waals surface area contributed by atoms with E-state index in [0.717, 1.165) is 55.1 Å². The van der Waals surface area contributed by atoms with E-state index >= 15 is 0 Å². The van der Waals surface area contributed by atoms with Gasteiger partial charge < -0.3 is 24.6 Å². The summed E-state index contributed by atoms with van der Waals surface area (Å²) in [4.78, 5) is 27.5. The van der Waals surface area contributed by atoms with Crippen LogP contribution in [0.15, 0.2) is 28.9 Å². The van der Waals surface area contributed by atoms with Crippen LogP contribution in [0, 0.1) is 25.7 Å². The Kier molecular flexibility index (Phi) is 8.05. The van der Waals surface area contributed by atoms with Crippen LogP contribution in [-0.4, -0.2) is 50.9 Å². The minimum atomic E-state index is -0.704. The summed E-state index contributed by atoms with van der Waals surface area (Å²) in [5, 5.41) is 16.8. The molecule has 1 aliphatic carbocycles. The molecular formula is C28H36N6O4. The number of aromatic nitrogens is 4. The average molecular weight is 521 g/mol. The highest BCUT2D eigenvalue weighted by Crippen LogP contribution is 2.31. The molecule has 0 radical (unpaired) electrons. The number of nitrogens with one attached hydrogen (secondary N) is 1. The predicted molar refractivity (Wildman–Crippen MR) is 143 cm³/mol. The van der Waals surface area contributed by atoms with Crippen molar-refractivity contribution in [3.63, 3.8) is 0 Å². The Morgan fingerprint density at radius 1 is 1.16 bits per heavy atom. The van der Waals surface area contributed by atoms with E-state index in [1.54, 1.807) is 6.20 Å². The molecule has 10 nitrogen and oxygen atoms in total. The quantitative estimate of drug-likeness (QED) is 0.397. The van der Waals surface area contributed by atoms with E-state index in [4.69, 9.17) is 14.2 Å². The molecule has 10 heteroatoms. The molecule has 202 valence electrons. The summed E-state index contributed by atoms with van der Waals surface area (Å²) in [6.07, 6.45) is 8.68. The Hall–Kier alpha value is -3.69. The number of nitrogens with zero attached hydrogens (tertiary/aromatic N) is 5. The van der Waals surface area contributed by atoms with Crippen molar-refractivity contribution in [2.45, 2.75) is 65.3 Å². The van der Waals surface area contributed by atoms with Crippen molar-refractivity contribution in [1.29, 1.82) is 0 Å². The highest BCUT2D eigenvalue weighted by molar-refractivity contribution is 5.70. The first-order chi connectivity index (χ1) is 18.5. The topological polar surface area (TPSA) is 127 Å². The molecule has 2 N–H and O–H groups in total. The molecule has 0 spiro atoms. The van der Waals surface area contributed by atoms with Gasteiger partial charge in [0.25, 0.3) is 0 Å². The van der Waals surface area contributed by atoms with Gasteiger partial charge >= 0.3 is 5.97 Å². The SMILES string of the molecule is Cc1cc(N2CCCCC2)nc(NCc2c(C)noc2-c2ccc(OC[C@H]3CCC[C@H](C(=O)O)C3)cn2)n1. The van der Waals surface area contributed by atoms with Crippen LogP contribution in [0.25, 0.3) is 11.5 Å². The Balaban J connectivity index is 1.22. The van der Waals surface area contributed by atoms with Gasteiger partial charge in [0, 0.05) is 37.0 Å². The fourth-order valence-corrected chi connectivity index (χ4v) is 5.36. The van der Waals surface area contributed by atoms with Crippen molar-refractivity contribution in [3.8, 4) is 17.2 Å². The third kappa shape index (κ3) is 6.23. The average Bonchev–Trinajstić information content (AvgIpc) is 3.31. The van der Waals surface area contributed by atoms with Gasteiger partial charge in [-0.3, -0.25) is 4.79 Å². The Labute approximate surface area is 222 Å². The predicted octanol–water partition coefficient (Wildman–Crippen LogP) is 5.02. The number of aliphatic carboxylic acids is 1. The Morgan fingerprint density at radius 2 is 2.00 bits per heavy atom. The van der Waals surface area contributed by atoms with E-state index in [2.05, 4.69) is 25.3 Å². The number of pyridine rings is 1. The summed E-state index contributed by atoms with van der Waals surface area (Å²) in [5.74, 6) is 2.08. The molecule has 38 heavy (non-hydrogen) atoms. The first kappa shape index (κ1) is 25.9. The highest BCUT2D eigenvalue weighted by atomic mass is 16.5. The maximum atomic E-state index is 11.3. The maximum absolute atomic E-state index is 11.3. The van der Waals surface area contributed by atoms with E-state index in [9.17, 15) is 9.90 Å². The minimum absolute atomic E-state index is 0.249. The summed E-state index contributed by atoms with van der Waals surface area (Å²) in [6.45, 7) is 6.91. The van der Waals surface area contributed by atoms with Crippen LogP contribution in [-0.2, 0) is 11.3 Å². The van der Waals surface area contributed by atoms with Crippen LogP contribution in [0.1, 0.15) is 61.9 Å². The number of rotatable bonds is 9. The lowest BCUT2D eigenvalue weighted by Gasteiger charge is -2.28. The van der Waals surface area contributed by atoms with Gasteiger partial charge in [0.2, 0.25) is 5.95 Å². The summed E-state index contributed by atoms with van der Waals surface area (Å²) in [7, 11) is 0. The first-order valence-electron chi connectivity index (χ1n) is 13.6. The molecule has 0 amide bonds. The zero-order valence-electron chi connectivity index (χ0n) is 22.2. The lowest BCUT2D eigenvalue weighted by Crippen LogP contribution is -2.30. The minimum Gasteiger partial charge on any atom is -0.492 e. The molecular weight excluding hydrogens is 484 g/mol. The zero-order chi connectivity index (χ0) is 26.5. The number of anilines is 2. The number of hydrogen-bond acceptors (Lipinski definition) is 9. The van der Waals surface area contributed by atoms with Crippen LogP contribution in [0.3, 0.4) is 0 Å². The first-order valence-corrected chi connectivity index (χ1v) is 13.6. The highest BCUT2D eigenvalue weighted by Gasteiger charge is 2.27. The van der Waals surface area contributed by atoms with Gasteiger partial charge in [0.1, 0.15) is 17.3 Å². The number of carbonyl (C=O) groups is 1. The van der Waals surface area contributed by atoms with Gasteiger partial charge in [0.15, 0.2) is 5.76 Å². The zero-order valence-corrected chi connectivity index (χ0v) is 22.2. The number of piperidine rings is 1. The van der Waals surface area contributed by atoms with E-state index in [-0.39, 0.29) is 11.8 Å². The number of carboxylic acids is 1. The third-order valence-corrected chi connectivity index (χ3v) is 7.52. The molecule has 2 fully saturated rings. The van der Waals surface area contributed by atoms with Gasteiger partial charge in [0.05, 0.1) is 24.4 Å². The van der Waals surface area contributed by atoms with Gasteiger partial charge in [-0.2, -0.15) is 4.98 Å². The monoisotopic (exact) mass is 520 g/mol. The van der Waals surface area contributed by atoms with Gasteiger partial charge in [-0.05, 0) is 70.4 Å². The maximum Gasteiger partial charge on any atom is 0.306 e. The molecule has 4 heterocycles. The van der Waals surface area contributed by atoms with Gasteiger partial charge in [-0.15, -0.1) is 0 Å². The van der Waals surface area contributed by atoms with E-state index < -0.39 is 5.97 Å². The molecule has 5 rings (SSSR count). The molecule has 0 aromatic carbocycles. The third-order valence-electron chi connectivity index (χ3n) is 7.52. The second-order valence-corrected chi connectivity index (χ2v) is 10.4. The second kappa shape index (κ2) is 11.8. The van der Waals surface area contributed by atoms with Crippen molar-refractivity contribution >= 4 is 17.7 Å². The lowest BCUT2D eigenvalue weighted by atomic mass is 9.82. The fraction of sp³-hybridized carbons (Fsp3) is 0.536. The molecule has 2 aliphatic rings. The van der Waals surface area contributed by atoms with Crippen molar-refractivity contribution in [1.82, 2.24) is 20.1 Å². The van der Waals surface area contributed by atoms with Crippen molar-refractivity contribution in [2.75, 3.05) is 29.9 Å². The smallest absolute Gasteiger partial charge is 0.306 e. The summed E-state index contributed by atoms with van der Waals surface area (Å²) in [6, 6.07) is 5.76. The Bertz CT molecular complexity index is 1240. The molecule has 0 bridgehead atoms. The number of ether oxygens (including phenoxy) is 1. The molecule has 2 atom stereocenters. The van der Waals surface area contributed by atoms with Gasteiger partial charge in [-0.1, -0.05) is 11.6 Å². The van der Waals surface area contributed by atoms with Gasteiger partial charge in [-0.25, -0.2) is 9.97 Å². The summed E-state index contributed by atoms with van der Waals surface area (Å²) >= 11 is 0. The van der Waals surface area contributed by atoms with Crippen LogP contribution < -0.4 is 15.0 Å². The largest absolute Gasteiger partial charge is 0.492 e. The summed E-state index contributed by atoms with van der Waals surface area (Å²) < 4.78 is 11.6. The molecule has 1 saturated carbocycles. The number of aryl methyl sites for hydroxylation is 2. The number of carboxylic acid groups (broad SMARTS) is 1. The van der Waals surface area contributed by atoms with Crippen molar-refractivity contribution in [2.24, 2.45) is 11.8 Å². The van der Waals surface area contributed by atoms with Crippen molar-refractivity contribution in [3.05, 3.63) is 41.3 Å². The summed E-state index contributed by atoms with van der Waals surface area (Å²) in [5.41, 5.74) is 3.27. The normalized spacial score (nSPS) is 19.8. The molecule has 0 unspecified atom stereocenters. The molecule has 1 saturated heterocycles. The van der Waals surface area contributed by atoms with Crippen LogP contribution >= 0.6 is 0 Å². The standard InChI is InChI=1S/C28H36N6O4/c1-18-13-25(34-11-4-3-5-12-34)32-28(31-18)30-16-23-19(2)33-38-26(23)24-10-9-22(15-29-24)37-17-20-7-6-8-21(14-20)27(35)36/h9-10,13,15,20-21H,3-8,11-12,14,16-17H2,1-2H3,(H,35,36)(H,30,31,32)/t20-,21-/m0/s1. The molecule has 1 aliphatic heterocycles. The molecule has 3 aromatic heterocycles. The molecule has 3 aromatic rings. The van der Waals surface area contributed by atoms with E-state index in [1.807, 2.05) is 32.0 Å². The fourth-order valence-electron chi connectivity index (χ4n) is 5.36. The number of hydrogen-bond donors (Lipinski definition) is 2. The van der Waals surface area contributed by atoms with Crippen molar-refractivity contribution < 1.29 is 19.2 Å². The van der Waals surface area contributed by atoms with Crippen LogP contribution in [0.4, 0.5) is 11.8 Å². The lowest BCUT2D eigenvalue weighted by molar-refractivity contribution is -0.143. The van der Waals surface area contributed by atoms with Crippen LogP contribution in [0.2, 0.25) is 0 Å². The Morgan fingerprint density at radius 3 is 2.76 bits per heavy atom.